The first kappa shape index (κ1) is 52.6. The molecule has 2 heterocycles. The van der Waals surface area contributed by atoms with Crippen LogP contribution in [-0.2, 0) is 38.0 Å². The van der Waals surface area contributed by atoms with E-state index in [1.165, 1.54) is 89.9 Å². The van der Waals surface area contributed by atoms with Crippen LogP contribution in [0, 0.1) is 0 Å². The monoisotopic (exact) mass is 837 g/mol. The maximum Gasteiger partial charge on any atom is 0.306 e. The van der Waals surface area contributed by atoms with Gasteiger partial charge in [0.05, 0.1) is 19.8 Å². The molecule has 0 aromatic rings. The van der Waals surface area contributed by atoms with Crippen LogP contribution in [0.25, 0.3) is 0 Å². The second-order valence-corrected chi connectivity index (χ2v) is 16.2. The zero-order chi connectivity index (χ0) is 42.5. The molecule has 2 saturated heterocycles. The van der Waals surface area contributed by atoms with E-state index in [1.54, 1.807) is 0 Å². The number of unbranched alkanes of at least 4 members (excludes halogenated alkanes) is 20. The molecule has 342 valence electrons. The number of aliphatic hydroxyl groups excluding tert-OH is 7. The molecular weight excluding hydrogens is 756 g/mol. The van der Waals surface area contributed by atoms with Gasteiger partial charge in [0, 0.05) is 12.8 Å². The van der Waals surface area contributed by atoms with Crippen LogP contribution in [0.1, 0.15) is 168 Å². The molecule has 0 amide bonds. The summed E-state index contributed by atoms with van der Waals surface area (Å²) in [6.07, 6.45) is 8.67. The van der Waals surface area contributed by atoms with E-state index in [9.17, 15) is 45.3 Å². The van der Waals surface area contributed by atoms with Crippen molar-refractivity contribution in [2.75, 3.05) is 26.4 Å². The van der Waals surface area contributed by atoms with Crippen LogP contribution in [0.3, 0.4) is 0 Å². The highest BCUT2D eigenvalue weighted by atomic mass is 16.7. The Morgan fingerprint density at radius 1 is 0.483 bits per heavy atom. The van der Waals surface area contributed by atoms with Crippen molar-refractivity contribution in [3.8, 4) is 0 Å². The summed E-state index contributed by atoms with van der Waals surface area (Å²) >= 11 is 0. The molecule has 2 aliphatic heterocycles. The molecule has 2 aliphatic rings. The Morgan fingerprint density at radius 2 is 0.879 bits per heavy atom. The zero-order valence-corrected chi connectivity index (χ0v) is 35.5. The summed E-state index contributed by atoms with van der Waals surface area (Å²) in [5.41, 5.74) is 0. The largest absolute Gasteiger partial charge is 0.462 e. The van der Waals surface area contributed by atoms with Crippen LogP contribution >= 0.6 is 0 Å². The standard InChI is InChI=1S/C43H80O15/c1-3-5-7-9-11-13-15-17-19-21-23-25-34(45)53-28-31(56-35(46)26-24-22-20-18-16-14-12-10-8-6-4-2)29-54-42-41(52)39(50)37(48)33(58-42)30-55-43-40(51)38(49)36(47)32(27-44)57-43/h31-33,36-44,47-52H,3-30H2,1-2H3/t31-,32-,33-,36-,37-,38+,39+,40-,41-,42-,43-/m1/s1. The first-order valence-corrected chi connectivity index (χ1v) is 22.6. The van der Waals surface area contributed by atoms with Crippen molar-refractivity contribution in [2.24, 2.45) is 0 Å². The second-order valence-electron chi connectivity index (χ2n) is 16.2. The maximum absolute atomic E-state index is 12.9. The third-order valence-corrected chi connectivity index (χ3v) is 11.1. The molecule has 58 heavy (non-hydrogen) atoms. The van der Waals surface area contributed by atoms with E-state index in [0.717, 1.165) is 38.5 Å². The van der Waals surface area contributed by atoms with Gasteiger partial charge < -0.3 is 64.2 Å². The van der Waals surface area contributed by atoms with E-state index in [2.05, 4.69) is 13.8 Å². The Labute approximate surface area is 347 Å². The third kappa shape index (κ3) is 21.3. The predicted molar refractivity (Wildman–Crippen MR) is 215 cm³/mol. The Morgan fingerprint density at radius 3 is 1.34 bits per heavy atom. The topological polar surface area (TPSA) is 231 Å². The lowest BCUT2D eigenvalue weighted by Gasteiger charge is -2.42. The molecule has 2 rings (SSSR count). The minimum absolute atomic E-state index is 0.172. The van der Waals surface area contributed by atoms with Crippen molar-refractivity contribution in [1.82, 2.24) is 0 Å². The van der Waals surface area contributed by atoms with Crippen molar-refractivity contribution < 1.29 is 73.8 Å². The van der Waals surface area contributed by atoms with Crippen LogP contribution in [0.2, 0.25) is 0 Å². The normalized spacial score (nSPS) is 28.0. The minimum Gasteiger partial charge on any atom is -0.462 e. The molecule has 0 aromatic heterocycles. The first-order valence-electron chi connectivity index (χ1n) is 22.6. The number of aliphatic hydroxyl groups is 7. The molecule has 0 bridgehead atoms. The van der Waals surface area contributed by atoms with Crippen LogP contribution < -0.4 is 0 Å². The highest BCUT2D eigenvalue weighted by Crippen LogP contribution is 2.26. The summed E-state index contributed by atoms with van der Waals surface area (Å²) in [5.74, 6) is -0.919. The van der Waals surface area contributed by atoms with E-state index in [1.807, 2.05) is 0 Å². The van der Waals surface area contributed by atoms with E-state index in [-0.39, 0.29) is 26.1 Å². The first-order chi connectivity index (χ1) is 28.0. The average molecular weight is 837 g/mol. The van der Waals surface area contributed by atoms with Gasteiger partial charge in [-0.2, -0.15) is 0 Å². The van der Waals surface area contributed by atoms with Crippen molar-refractivity contribution in [2.45, 2.75) is 235 Å². The van der Waals surface area contributed by atoms with Crippen LogP contribution in [0.5, 0.6) is 0 Å². The Hall–Kier alpha value is -1.50. The summed E-state index contributed by atoms with van der Waals surface area (Å²) in [4.78, 5) is 25.5. The van der Waals surface area contributed by atoms with Gasteiger partial charge in [-0.05, 0) is 12.8 Å². The van der Waals surface area contributed by atoms with Gasteiger partial charge in [-0.3, -0.25) is 9.59 Å². The van der Waals surface area contributed by atoms with E-state index in [4.69, 9.17) is 28.4 Å². The molecule has 0 radical (unpaired) electrons. The van der Waals surface area contributed by atoms with Gasteiger partial charge in [-0.25, -0.2) is 0 Å². The molecule has 7 N–H and O–H groups in total. The van der Waals surface area contributed by atoms with E-state index in [0.29, 0.717) is 12.8 Å². The number of rotatable bonds is 34. The van der Waals surface area contributed by atoms with Gasteiger partial charge in [0.1, 0.15) is 55.4 Å². The highest BCUT2D eigenvalue weighted by Gasteiger charge is 2.47. The summed E-state index contributed by atoms with van der Waals surface area (Å²) < 4.78 is 33.4. The Bertz CT molecular complexity index is 1030. The lowest BCUT2D eigenvalue weighted by molar-refractivity contribution is -0.332. The van der Waals surface area contributed by atoms with E-state index >= 15 is 0 Å². The molecule has 11 atom stereocenters. The van der Waals surface area contributed by atoms with Gasteiger partial charge in [0.25, 0.3) is 0 Å². The molecule has 0 unspecified atom stereocenters. The number of carbonyl (C=O) groups excluding carboxylic acids is 2. The quantitative estimate of drug-likeness (QED) is 0.0350. The van der Waals surface area contributed by atoms with Crippen LogP contribution in [0.15, 0.2) is 0 Å². The Balaban J connectivity index is 1.86. The number of ether oxygens (including phenoxy) is 6. The summed E-state index contributed by atoms with van der Waals surface area (Å²) in [5, 5.41) is 71.7. The zero-order valence-electron chi connectivity index (χ0n) is 35.5. The fraction of sp³-hybridized carbons (Fsp3) is 0.953. The van der Waals surface area contributed by atoms with Gasteiger partial charge in [-0.1, -0.05) is 142 Å². The van der Waals surface area contributed by atoms with Crippen molar-refractivity contribution in [3.63, 3.8) is 0 Å². The summed E-state index contributed by atoms with van der Waals surface area (Å²) in [6.45, 7) is 2.56. The van der Waals surface area contributed by atoms with Gasteiger partial charge in [0.15, 0.2) is 18.7 Å². The highest BCUT2D eigenvalue weighted by molar-refractivity contribution is 5.70. The maximum atomic E-state index is 12.9. The van der Waals surface area contributed by atoms with Crippen LogP contribution in [-0.4, -0.2) is 142 Å². The van der Waals surface area contributed by atoms with Crippen LogP contribution in [0.4, 0.5) is 0 Å². The fourth-order valence-electron chi connectivity index (χ4n) is 7.28. The number of esters is 2. The smallest absolute Gasteiger partial charge is 0.306 e. The van der Waals surface area contributed by atoms with Crippen molar-refractivity contribution in [3.05, 3.63) is 0 Å². The molecule has 15 heteroatoms. The third-order valence-electron chi connectivity index (χ3n) is 11.1. The minimum atomic E-state index is -1.76. The number of hydrogen-bond acceptors (Lipinski definition) is 15. The summed E-state index contributed by atoms with van der Waals surface area (Å²) in [7, 11) is 0. The fourth-order valence-corrected chi connectivity index (χ4v) is 7.28. The molecule has 0 aromatic carbocycles. The van der Waals surface area contributed by atoms with E-state index < -0.39 is 92.7 Å². The van der Waals surface area contributed by atoms with Gasteiger partial charge in [0.2, 0.25) is 0 Å². The summed E-state index contributed by atoms with van der Waals surface area (Å²) in [6, 6.07) is 0. The molecule has 0 spiro atoms. The van der Waals surface area contributed by atoms with Crippen molar-refractivity contribution >= 4 is 11.9 Å². The average Bonchev–Trinajstić information content (AvgIpc) is 3.21. The molecule has 0 aliphatic carbocycles. The SMILES string of the molecule is CCCCCCCCCCCCCC(=O)OC[C@H](CO[C@@H]1O[C@H](CO[C@@H]2O[C@H](CO)[C@@H](O)[C@H](O)[C@H]2O)[C@@H](O)[C@H](O)[C@H]1O)OC(=O)CCCCCCCCCCCCC. The lowest BCUT2D eigenvalue weighted by atomic mass is 9.98. The molecule has 0 saturated carbocycles. The molecule has 15 nitrogen and oxygen atoms in total. The van der Waals surface area contributed by atoms with Crippen molar-refractivity contribution in [1.29, 1.82) is 0 Å². The van der Waals surface area contributed by atoms with Gasteiger partial charge in [-0.15, -0.1) is 0 Å². The number of carbonyl (C=O) groups is 2. The molecular formula is C43H80O15. The lowest BCUT2D eigenvalue weighted by Crippen LogP contribution is -2.61. The van der Waals surface area contributed by atoms with Gasteiger partial charge >= 0.3 is 11.9 Å². The molecule has 2 fully saturated rings. The Kier molecular flexibility index (Phi) is 29.3. The number of hydrogen-bond donors (Lipinski definition) is 7. The predicted octanol–water partition coefficient (Wildman–Crippen LogP) is 4.48. The second kappa shape index (κ2) is 32.2.